The van der Waals surface area contributed by atoms with Crippen LogP contribution in [0.1, 0.15) is 57.2 Å². The van der Waals surface area contributed by atoms with Crippen molar-refractivity contribution < 1.29 is 14.6 Å². The van der Waals surface area contributed by atoms with Crippen LogP contribution in [0.15, 0.2) is 18.3 Å². The number of nitrogens with zero attached hydrogens (tertiary/aromatic N) is 1. The SMILES string of the molecule is CC(C)(C)OC(=O)N[C@H]1CC(c2ccc(CO)cn2)C2CC1C2. The van der Waals surface area contributed by atoms with Crippen LogP contribution in [0, 0.1) is 11.8 Å². The third kappa shape index (κ3) is 3.66. The van der Waals surface area contributed by atoms with Crippen LogP contribution in [0.3, 0.4) is 0 Å². The number of aromatic nitrogens is 1. The standard InChI is InChI=1S/C18H26N2O3/c1-18(2,3)23-17(22)20-16-8-14(12-6-13(16)7-12)15-5-4-11(10-21)9-19-15/h4-5,9,12-14,16,21H,6-8,10H2,1-3H3,(H,20,22)/t12?,13?,14?,16-/m0/s1. The molecule has 0 spiro atoms. The van der Waals surface area contributed by atoms with Crippen LogP contribution >= 0.6 is 0 Å². The minimum Gasteiger partial charge on any atom is -0.444 e. The molecule has 4 rings (SSSR count). The molecular formula is C18H26N2O3. The van der Waals surface area contributed by atoms with E-state index in [0.29, 0.717) is 17.8 Å². The molecule has 5 heteroatoms. The molecule has 1 unspecified atom stereocenters. The van der Waals surface area contributed by atoms with Gasteiger partial charge in [0.1, 0.15) is 5.60 Å². The monoisotopic (exact) mass is 318 g/mol. The van der Waals surface area contributed by atoms with Gasteiger partial charge in [0.25, 0.3) is 0 Å². The van der Waals surface area contributed by atoms with Crippen molar-refractivity contribution in [2.45, 2.75) is 64.2 Å². The van der Waals surface area contributed by atoms with Crippen LogP contribution in [-0.2, 0) is 11.3 Å². The number of hydrogen-bond acceptors (Lipinski definition) is 4. The topological polar surface area (TPSA) is 71.5 Å². The van der Waals surface area contributed by atoms with E-state index < -0.39 is 5.60 Å². The van der Waals surface area contributed by atoms with Crippen LogP contribution < -0.4 is 5.32 Å². The summed E-state index contributed by atoms with van der Waals surface area (Å²) in [6.45, 7) is 5.65. The summed E-state index contributed by atoms with van der Waals surface area (Å²) >= 11 is 0. The average molecular weight is 318 g/mol. The van der Waals surface area contributed by atoms with Gasteiger partial charge in [-0.1, -0.05) is 6.07 Å². The molecule has 3 aliphatic carbocycles. The Morgan fingerprint density at radius 1 is 1.30 bits per heavy atom. The first-order valence-corrected chi connectivity index (χ1v) is 8.41. The molecule has 1 heterocycles. The van der Waals surface area contributed by atoms with Crippen LogP contribution in [0.4, 0.5) is 4.79 Å². The summed E-state index contributed by atoms with van der Waals surface area (Å²) in [5.41, 5.74) is 1.43. The number of pyridine rings is 1. The predicted molar refractivity (Wildman–Crippen MR) is 86.9 cm³/mol. The fourth-order valence-corrected chi connectivity index (χ4v) is 3.77. The molecule has 0 aliphatic heterocycles. The van der Waals surface area contributed by atoms with E-state index >= 15 is 0 Å². The van der Waals surface area contributed by atoms with Crippen molar-refractivity contribution in [3.8, 4) is 0 Å². The second-order valence-electron chi connectivity index (χ2n) is 7.84. The minimum atomic E-state index is -0.470. The van der Waals surface area contributed by atoms with Gasteiger partial charge in [0.05, 0.1) is 6.61 Å². The number of aliphatic hydroxyl groups excluding tert-OH is 1. The Kier molecular flexibility index (Phi) is 4.32. The molecular weight excluding hydrogens is 292 g/mol. The summed E-state index contributed by atoms with van der Waals surface area (Å²) in [5, 5.41) is 12.2. The van der Waals surface area contributed by atoms with E-state index in [1.807, 2.05) is 32.9 Å². The number of aliphatic hydroxyl groups is 1. The molecule has 5 nitrogen and oxygen atoms in total. The maximum Gasteiger partial charge on any atom is 0.407 e. The highest BCUT2D eigenvalue weighted by molar-refractivity contribution is 5.68. The Morgan fingerprint density at radius 2 is 2.04 bits per heavy atom. The van der Waals surface area contributed by atoms with Crippen LogP contribution in [0.5, 0.6) is 0 Å². The number of ether oxygens (including phenoxy) is 1. The fraction of sp³-hybridized carbons (Fsp3) is 0.667. The van der Waals surface area contributed by atoms with Crippen molar-refractivity contribution in [3.05, 3.63) is 29.6 Å². The molecule has 23 heavy (non-hydrogen) atoms. The zero-order valence-electron chi connectivity index (χ0n) is 14.1. The molecule has 3 aliphatic rings. The summed E-state index contributed by atoms with van der Waals surface area (Å²) in [4.78, 5) is 16.6. The molecule has 2 N–H and O–H groups in total. The first-order valence-electron chi connectivity index (χ1n) is 8.41. The number of carbonyl (C=O) groups excluding carboxylic acids is 1. The Balaban J connectivity index is 1.64. The zero-order valence-corrected chi connectivity index (χ0v) is 14.1. The Morgan fingerprint density at radius 3 is 2.61 bits per heavy atom. The molecule has 3 fully saturated rings. The quantitative estimate of drug-likeness (QED) is 0.899. The van der Waals surface area contributed by atoms with Gasteiger partial charge in [-0.05, 0) is 63.5 Å². The summed E-state index contributed by atoms with van der Waals surface area (Å²) < 4.78 is 5.38. The van der Waals surface area contributed by atoms with Gasteiger partial charge >= 0.3 is 6.09 Å². The summed E-state index contributed by atoms with van der Waals surface area (Å²) in [5.74, 6) is 1.62. The maximum atomic E-state index is 12.0. The lowest BCUT2D eigenvalue weighted by molar-refractivity contribution is 0.0223. The van der Waals surface area contributed by atoms with Crippen molar-refractivity contribution in [2.24, 2.45) is 11.8 Å². The van der Waals surface area contributed by atoms with E-state index in [0.717, 1.165) is 30.5 Å². The number of hydrogen-bond donors (Lipinski definition) is 2. The van der Waals surface area contributed by atoms with E-state index in [4.69, 9.17) is 9.84 Å². The van der Waals surface area contributed by atoms with E-state index in [9.17, 15) is 4.79 Å². The number of carbonyl (C=O) groups is 1. The van der Waals surface area contributed by atoms with Crippen LogP contribution in [-0.4, -0.2) is 27.8 Å². The summed E-state index contributed by atoms with van der Waals surface area (Å²) in [7, 11) is 0. The smallest absolute Gasteiger partial charge is 0.407 e. The van der Waals surface area contributed by atoms with Gasteiger partial charge in [0.2, 0.25) is 0 Å². The second-order valence-corrected chi connectivity index (χ2v) is 7.84. The summed E-state index contributed by atoms with van der Waals surface area (Å²) in [6, 6.07) is 4.11. The third-order valence-corrected chi connectivity index (χ3v) is 4.97. The Bertz CT molecular complexity index is 559. The third-order valence-electron chi connectivity index (χ3n) is 4.97. The van der Waals surface area contributed by atoms with Gasteiger partial charge in [0.15, 0.2) is 0 Å². The Labute approximate surface area is 137 Å². The molecule has 0 radical (unpaired) electrons. The predicted octanol–water partition coefficient (Wildman–Crippen LogP) is 2.98. The first kappa shape index (κ1) is 16.2. The van der Waals surface area contributed by atoms with E-state index in [1.54, 1.807) is 6.20 Å². The van der Waals surface area contributed by atoms with Crippen molar-refractivity contribution >= 4 is 6.09 Å². The van der Waals surface area contributed by atoms with Gasteiger partial charge in [-0.25, -0.2) is 4.79 Å². The van der Waals surface area contributed by atoms with Crippen molar-refractivity contribution in [3.63, 3.8) is 0 Å². The maximum absolute atomic E-state index is 12.0. The lowest BCUT2D eigenvalue weighted by Crippen LogP contribution is -2.53. The molecule has 1 amide bonds. The van der Waals surface area contributed by atoms with Gasteiger partial charge in [-0.3, -0.25) is 4.98 Å². The molecule has 0 saturated heterocycles. The molecule has 2 bridgehead atoms. The molecule has 0 aromatic carbocycles. The van der Waals surface area contributed by atoms with Gasteiger partial charge < -0.3 is 15.2 Å². The highest BCUT2D eigenvalue weighted by Gasteiger charge is 2.47. The van der Waals surface area contributed by atoms with Crippen LogP contribution in [0.25, 0.3) is 0 Å². The molecule has 1 aromatic rings. The lowest BCUT2D eigenvalue weighted by atomic mass is 9.57. The van der Waals surface area contributed by atoms with Crippen molar-refractivity contribution in [1.82, 2.24) is 10.3 Å². The van der Waals surface area contributed by atoms with Crippen LogP contribution in [0.2, 0.25) is 0 Å². The van der Waals surface area contributed by atoms with E-state index in [2.05, 4.69) is 10.3 Å². The normalized spacial score (nSPS) is 29.6. The lowest BCUT2D eigenvalue weighted by Gasteiger charge is -2.51. The highest BCUT2D eigenvalue weighted by atomic mass is 16.6. The number of alkyl carbamates (subject to hydrolysis) is 1. The van der Waals surface area contributed by atoms with Gasteiger partial charge in [-0.2, -0.15) is 0 Å². The number of nitrogens with one attached hydrogen (secondary N) is 1. The highest BCUT2D eigenvalue weighted by Crippen LogP contribution is 2.52. The number of rotatable bonds is 3. The van der Waals surface area contributed by atoms with Crippen molar-refractivity contribution in [2.75, 3.05) is 0 Å². The summed E-state index contributed by atoms with van der Waals surface area (Å²) in [6.07, 6.45) is 4.63. The van der Waals surface area contributed by atoms with E-state index in [-0.39, 0.29) is 18.7 Å². The Hall–Kier alpha value is -1.62. The van der Waals surface area contributed by atoms with Gasteiger partial charge in [-0.15, -0.1) is 0 Å². The van der Waals surface area contributed by atoms with Crippen molar-refractivity contribution in [1.29, 1.82) is 0 Å². The number of amides is 1. The molecule has 126 valence electrons. The average Bonchev–Trinajstić information content (AvgIpc) is 2.43. The fourth-order valence-electron chi connectivity index (χ4n) is 3.77. The molecule has 2 atom stereocenters. The largest absolute Gasteiger partial charge is 0.444 e. The molecule has 1 aromatic heterocycles. The van der Waals surface area contributed by atoms with Gasteiger partial charge in [0, 0.05) is 23.9 Å². The number of fused-ring (bicyclic) bond motifs is 2. The van der Waals surface area contributed by atoms with E-state index in [1.165, 1.54) is 0 Å². The first-order chi connectivity index (χ1) is 10.9. The second kappa shape index (κ2) is 6.11. The minimum absolute atomic E-state index is 0.0201. The zero-order chi connectivity index (χ0) is 16.6. The molecule has 3 saturated carbocycles.